The molecule has 4 heteroatoms. The van der Waals surface area contributed by atoms with E-state index in [1.165, 1.54) is 0 Å². The Balaban J connectivity index is 1.96. The van der Waals surface area contributed by atoms with Crippen molar-refractivity contribution < 1.29 is 9.13 Å². The average molecular weight is 280 g/mol. The van der Waals surface area contributed by atoms with Crippen molar-refractivity contribution in [3.05, 3.63) is 35.1 Å². The van der Waals surface area contributed by atoms with E-state index in [4.69, 9.17) is 4.74 Å². The van der Waals surface area contributed by atoms with E-state index < -0.39 is 0 Å². The van der Waals surface area contributed by atoms with E-state index in [1.54, 1.807) is 13.0 Å². The van der Waals surface area contributed by atoms with Gasteiger partial charge in [-0.25, -0.2) is 4.39 Å². The third-order valence-electron chi connectivity index (χ3n) is 3.89. The number of ether oxygens (including phenoxy) is 1. The zero-order valence-corrected chi connectivity index (χ0v) is 12.5. The second kappa shape index (κ2) is 7.72. The van der Waals surface area contributed by atoms with Crippen molar-refractivity contribution in [3.63, 3.8) is 0 Å². The van der Waals surface area contributed by atoms with Gasteiger partial charge in [0.1, 0.15) is 5.82 Å². The van der Waals surface area contributed by atoms with Gasteiger partial charge in [-0.3, -0.25) is 4.90 Å². The lowest BCUT2D eigenvalue weighted by molar-refractivity contribution is 0.0361. The highest BCUT2D eigenvalue weighted by Crippen LogP contribution is 2.20. The number of nitrogens with one attached hydrogen (secondary N) is 1. The minimum absolute atomic E-state index is 0.114. The van der Waals surface area contributed by atoms with Crippen LogP contribution < -0.4 is 5.32 Å². The van der Waals surface area contributed by atoms with Crippen molar-refractivity contribution in [2.75, 3.05) is 39.4 Å². The molecule has 112 valence electrons. The highest BCUT2D eigenvalue weighted by Gasteiger charge is 2.15. The molecule has 0 aromatic heterocycles. The van der Waals surface area contributed by atoms with Gasteiger partial charge in [0.05, 0.1) is 13.2 Å². The van der Waals surface area contributed by atoms with Gasteiger partial charge >= 0.3 is 0 Å². The average Bonchev–Trinajstić information content (AvgIpc) is 2.47. The number of halogens is 1. The smallest absolute Gasteiger partial charge is 0.126 e. The molecule has 0 saturated carbocycles. The van der Waals surface area contributed by atoms with Gasteiger partial charge in [-0.2, -0.15) is 0 Å². The summed E-state index contributed by atoms with van der Waals surface area (Å²) in [6.45, 7) is 9.46. The summed E-state index contributed by atoms with van der Waals surface area (Å²) in [6, 6.07) is 5.79. The molecule has 20 heavy (non-hydrogen) atoms. The van der Waals surface area contributed by atoms with Crippen LogP contribution in [0.2, 0.25) is 0 Å². The van der Waals surface area contributed by atoms with E-state index in [2.05, 4.69) is 17.1 Å². The number of aryl methyl sites for hydroxylation is 1. The van der Waals surface area contributed by atoms with Crippen LogP contribution in [0.4, 0.5) is 4.39 Å². The van der Waals surface area contributed by atoms with Crippen LogP contribution in [-0.4, -0.2) is 44.3 Å². The molecule has 2 rings (SSSR count). The Kier molecular flexibility index (Phi) is 5.95. The molecule has 1 aliphatic rings. The molecule has 1 aromatic rings. The van der Waals surface area contributed by atoms with Gasteiger partial charge in [0.2, 0.25) is 0 Å². The summed E-state index contributed by atoms with van der Waals surface area (Å²) in [5, 5.41) is 3.46. The van der Waals surface area contributed by atoms with Crippen molar-refractivity contribution in [2.24, 2.45) is 0 Å². The van der Waals surface area contributed by atoms with Crippen molar-refractivity contribution in [2.45, 2.75) is 26.3 Å². The first kappa shape index (κ1) is 15.4. The third-order valence-corrected chi connectivity index (χ3v) is 3.89. The summed E-state index contributed by atoms with van der Waals surface area (Å²) in [7, 11) is 0. The number of benzene rings is 1. The minimum atomic E-state index is -0.114. The van der Waals surface area contributed by atoms with E-state index in [9.17, 15) is 4.39 Å². The molecule has 3 nitrogen and oxygen atoms in total. The van der Waals surface area contributed by atoms with Gasteiger partial charge in [0.25, 0.3) is 0 Å². The summed E-state index contributed by atoms with van der Waals surface area (Å²) >= 11 is 0. The van der Waals surface area contributed by atoms with E-state index in [0.29, 0.717) is 5.56 Å². The Morgan fingerprint density at radius 1 is 1.35 bits per heavy atom. The Hall–Kier alpha value is -0.970. The van der Waals surface area contributed by atoms with Crippen molar-refractivity contribution in [1.82, 2.24) is 10.2 Å². The van der Waals surface area contributed by atoms with E-state index in [0.717, 1.165) is 51.4 Å². The molecule has 0 amide bonds. The molecule has 1 fully saturated rings. The first-order valence-electron chi connectivity index (χ1n) is 7.50. The number of hydrogen-bond donors (Lipinski definition) is 1. The number of hydrogen-bond acceptors (Lipinski definition) is 3. The topological polar surface area (TPSA) is 24.5 Å². The molecular formula is C16H25FN2O. The summed E-state index contributed by atoms with van der Waals surface area (Å²) in [5.74, 6) is -0.114. The molecule has 0 radical (unpaired) electrons. The van der Waals surface area contributed by atoms with Gasteiger partial charge in [-0.15, -0.1) is 0 Å². The second-order valence-corrected chi connectivity index (χ2v) is 5.36. The van der Waals surface area contributed by atoms with Gasteiger partial charge in [0, 0.05) is 25.7 Å². The molecule has 0 bridgehead atoms. The molecule has 0 spiro atoms. The van der Waals surface area contributed by atoms with Gasteiger partial charge in [0.15, 0.2) is 0 Å². The Morgan fingerprint density at radius 3 is 2.75 bits per heavy atom. The molecule has 1 aliphatic heterocycles. The maximum absolute atomic E-state index is 13.7. The number of nitrogens with zero attached hydrogens (tertiary/aromatic N) is 1. The predicted octanol–water partition coefficient (Wildman–Crippen LogP) is 2.51. The third kappa shape index (κ3) is 4.27. The molecule has 1 N–H and O–H groups in total. The fourth-order valence-corrected chi connectivity index (χ4v) is 2.60. The standard InChI is InChI=1S/C16H25FN2O/c1-3-18-16(6-7-19-8-10-20-11-9-19)14-5-4-13(2)15(17)12-14/h4-5,12,16,18H,3,6-11H2,1-2H3. The Bertz CT molecular complexity index is 419. The lowest BCUT2D eigenvalue weighted by atomic mass is 10.0. The predicted molar refractivity (Wildman–Crippen MR) is 79.4 cm³/mol. The highest BCUT2D eigenvalue weighted by molar-refractivity contribution is 5.25. The molecule has 1 unspecified atom stereocenters. The van der Waals surface area contributed by atoms with Crippen LogP contribution in [0, 0.1) is 12.7 Å². The lowest BCUT2D eigenvalue weighted by Crippen LogP contribution is -2.38. The van der Waals surface area contributed by atoms with Crippen molar-refractivity contribution in [1.29, 1.82) is 0 Å². The number of rotatable bonds is 6. The second-order valence-electron chi connectivity index (χ2n) is 5.36. The summed E-state index contributed by atoms with van der Waals surface area (Å²) in [4.78, 5) is 2.42. The molecule has 0 aliphatic carbocycles. The summed E-state index contributed by atoms with van der Waals surface area (Å²) < 4.78 is 19.1. The monoisotopic (exact) mass is 280 g/mol. The Morgan fingerprint density at radius 2 is 2.10 bits per heavy atom. The largest absolute Gasteiger partial charge is 0.379 e. The van der Waals surface area contributed by atoms with E-state index >= 15 is 0 Å². The number of morpholine rings is 1. The Labute approximate surface area is 121 Å². The fourth-order valence-electron chi connectivity index (χ4n) is 2.60. The molecule has 1 saturated heterocycles. The maximum atomic E-state index is 13.7. The molecule has 1 heterocycles. The van der Waals surface area contributed by atoms with Gasteiger partial charge in [-0.05, 0) is 37.1 Å². The molecule has 1 atom stereocenters. The van der Waals surface area contributed by atoms with E-state index in [-0.39, 0.29) is 11.9 Å². The van der Waals surface area contributed by atoms with Gasteiger partial charge in [-0.1, -0.05) is 19.1 Å². The molecule has 1 aromatic carbocycles. The lowest BCUT2D eigenvalue weighted by Gasteiger charge is -2.28. The molecular weight excluding hydrogens is 255 g/mol. The first-order chi connectivity index (χ1) is 9.70. The van der Waals surface area contributed by atoms with Crippen molar-refractivity contribution in [3.8, 4) is 0 Å². The zero-order chi connectivity index (χ0) is 14.4. The van der Waals surface area contributed by atoms with Crippen molar-refractivity contribution >= 4 is 0 Å². The van der Waals surface area contributed by atoms with E-state index in [1.807, 2.05) is 12.1 Å². The highest BCUT2D eigenvalue weighted by atomic mass is 19.1. The maximum Gasteiger partial charge on any atom is 0.126 e. The summed E-state index contributed by atoms with van der Waals surface area (Å²) in [6.07, 6.45) is 0.996. The van der Waals surface area contributed by atoms with Crippen LogP contribution in [0.15, 0.2) is 18.2 Å². The SMILES string of the molecule is CCNC(CCN1CCOCC1)c1ccc(C)c(F)c1. The van der Waals surface area contributed by atoms with Crippen LogP contribution >= 0.6 is 0 Å². The quantitative estimate of drug-likeness (QED) is 0.866. The van der Waals surface area contributed by atoms with Crippen LogP contribution in [0.3, 0.4) is 0 Å². The van der Waals surface area contributed by atoms with Crippen LogP contribution in [0.25, 0.3) is 0 Å². The summed E-state index contributed by atoms with van der Waals surface area (Å²) in [5.41, 5.74) is 1.75. The normalized spacial score (nSPS) is 18.1. The van der Waals surface area contributed by atoms with Crippen LogP contribution in [-0.2, 0) is 4.74 Å². The zero-order valence-electron chi connectivity index (χ0n) is 12.5. The van der Waals surface area contributed by atoms with Gasteiger partial charge < -0.3 is 10.1 Å². The first-order valence-corrected chi connectivity index (χ1v) is 7.50. The van der Waals surface area contributed by atoms with Crippen LogP contribution in [0.5, 0.6) is 0 Å². The van der Waals surface area contributed by atoms with Crippen LogP contribution in [0.1, 0.15) is 30.5 Å². The minimum Gasteiger partial charge on any atom is -0.379 e. The fraction of sp³-hybridized carbons (Fsp3) is 0.625.